The molecule has 0 aromatic rings. The summed E-state index contributed by atoms with van der Waals surface area (Å²) in [6.07, 6.45) is 5.78. The van der Waals surface area contributed by atoms with E-state index in [4.69, 9.17) is 14.2 Å². The van der Waals surface area contributed by atoms with E-state index >= 15 is 0 Å². The Morgan fingerprint density at radius 3 is 1.95 bits per heavy atom. The smallest absolute Gasteiger partial charge is 0.0701 e. The lowest BCUT2D eigenvalue weighted by Crippen LogP contribution is -2.24. The molecule has 0 aromatic heterocycles. The van der Waals surface area contributed by atoms with Crippen molar-refractivity contribution in [3.63, 3.8) is 0 Å². The van der Waals surface area contributed by atoms with Gasteiger partial charge < -0.3 is 19.5 Å². The van der Waals surface area contributed by atoms with Crippen molar-refractivity contribution in [3.8, 4) is 0 Å². The Balaban J connectivity index is 2.96. The zero-order valence-electron chi connectivity index (χ0n) is 13.8. The molecule has 0 saturated heterocycles. The molecule has 5 heteroatoms. The largest absolute Gasteiger partial charge is 0.379 e. The van der Waals surface area contributed by atoms with Gasteiger partial charge in [-0.25, -0.2) is 0 Å². The Kier molecular flexibility index (Phi) is 15.7. The van der Waals surface area contributed by atoms with Gasteiger partial charge in [0, 0.05) is 13.2 Å². The highest BCUT2D eigenvalue weighted by molar-refractivity contribution is 8.15. The van der Waals surface area contributed by atoms with Crippen molar-refractivity contribution >= 4 is 10.9 Å². The van der Waals surface area contributed by atoms with Gasteiger partial charge in [0.1, 0.15) is 0 Å². The monoisotopic (exact) mass is 309 g/mol. The van der Waals surface area contributed by atoms with Gasteiger partial charge in [-0.2, -0.15) is 0 Å². The highest BCUT2D eigenvalue weighted by Crippen LogP contribution is 2.13. The second-order valence-electron chi connectivity index (χ2n) is 5.59. The molecule has 0 spiro atoms. The summed E-state index contributed by atoms with van der Waals surface area (Å²) in [4.78, 5) is 0. The van der Waals surface area contributed by atoms with Gasteiger partial charge >= 0.3 is 0 Å². The maximum atomic E-state index is 5.50. The van der Waals surface area contributed by atoms with E-state index in [1.54, 1.807) is 0 Å². The van der Waals surface area contributed by atoms with Crippen LogP contribution in [0.5, 0.6) is 0 Å². The molecule has 0 saturated carbocycles. The SMILES string of the molecule is CC(C)CNCCOCCOCCOCCC[SH](C)C. The third-order valence-electron chi connectivity index (χ3n) is 2.61. The molecule has 0 radical (unpaired) electrons. The molecule has 20 heavy (non-hydrogen) atoms. The van der Waals surface area contributed by atoms with Crippen molar-refractivity contribution in [2.24, 2.45) is 5.92 Å². The molecule has 4 nitrogen and oxygen atoms in total. The quantitative estimate of drug-likeness (QED) is 0.358. The summed E-state index contributed by atoms with van der Waals surface area (Å²) in [5.74, 6) is 1.99. The molecule has 0 fully saturated rings. The molecule has 0 unspecified atom stereocenters. The number of thiol groups is 1. The normalized spacial score (nSPS) is 12.2. The van der Waals surface area contributed by atoms with Gasteiger partial charge in [0.15, 0.2) is 0 Å². The van der Waals surface area contributed by atoms with Crippen molar-refractivity contribution in [2.45, 2.75) is 20.3 Å². The minimum absolute atomic E-state index is 0.224. The van der Waals surface area contributed by atoms with Crippen molar-refractivity contribution < 1.29 is 14.2 Å². The minimum atomic E-state index is 0.224. The fraction of sp³-hybridized carbons (Fsp3) is 1.00. The van der Waals surface area contributed by atoms with Gasteiger partial charge in [0.05, 0.1) is 33.0 Å². The summed E-state index contributed by atoms with van der Waals surface area (Å²) in [5, 5.41) is 3.34. The first-order chi connectivity index (χ1) is 9.63. The van der Waals surface area contributed by atoms with E-state index in [-0.39, 0.29) is 10.9 Å². The third-order valence-corrected chi connectivity index (χ3v) is 3.82. The molecule has 0 rings (SSSR count). The van der Waals surface area contributed by atoms with E-state index in [0.29, 0.717) is 32.3 Å². The predicted molar refractivity (Wildman–Crippen MR) is 90.5 cm³/mol. The van der Waals surface area contributed by atoms with E-state index in [2.05, 4.69) is 31.7 Å². The number of nitrogens with one attached hydrogen (secondary N) is 1. The number of ether oxygens (including phenoxy) is 3. The summed E-state index contributed by atoms with van der Waals surface area (Å²) >= 11 is 0. The molecular weight excluding hydrogens is 274 g/mol. The van der Waals surface area contributed by atoms with Crippen LogP contribution in [0.1, 0.15) is 20.3 Å². The zero-order chi connectivity index (χ0) is 15.1. The summed E-state index contributed by atoms with van der Waals surface area (Å²) in [7, 11) is 0.224. The fourth-order valence-electron chi connectivity index (χ4n) is 1.56. The third kappa shape index (κ3) is 18.2. The zero-order valence-corrected chi connectivity index (χ0v) is 14.7. The topological polar surface area (TPSA) is 39.7 Å². The van der Waals surface area contributed by atoms with Crippen molar-refractivity contribution in [3.05, 3.63) is 0 Å². The van der Waals surface area contributed by atoms with Crippen LogP contribution in [-0.4, -0.2) is 71.0 Å². The number of hydrogen-bond acceptors (Lipinski definition) is 4. The molecule has 1 N–H and O–H groups in total. The van der Waals surface area contributed by atoms with E-state index in [0.717, 1.165) is 26.3 Å². The molecular formula is C15H35NO3S. The lowest BCUT2D eigenvalue weighted by atomic mass is 10.2. The predicted octanol–water partition coefficient (Wildman–Crippen LogP) is 1.93. The Morgan fingerprint density at radius 1 is 0.850 bits per heavy atom. The number of rotatable bonds is 15. The standard InChI is InChI=1S/C15H35NO3S/c1-15(2)14-16-6-8-18-10-12-19-11-9-17-7-5-13-20(3)4/h15-16,20H,5-14H2,1-4H3. The first-order valence-corrected chi connectivity index (χ1v) is 10.1. The summed E-state index contributed by atoms with van der Waals surface area (Å²) < 4.78 is 16.4. The van der Waals surface area contributed by atoms with Crippen LogP contribution in [0.15, 0.2) is 0 Å². The van der Waals surface area contributed by atoms with Crippen molar-refractivity contribution in [1.82, 2.24) is 5.32 Å². The molecule has 0 aromatic carbocycles. The van der Waals surface area contributed by atoms with Gasteiger partial charge in [-0.3, -0.25) is 10.9 Å². The first kappa shape index (κ1) is 20.2. The lowest BCUT2D eigenvalue weighted by Gasteiger charge is -2.10. The van der Waals surface area contributed by atoms with Gasteiger partial charge in [0.2, 0.25) is 0 Å². The molecule has 0 aliphatic rings. The Labute approximate surface area is 128 Å². The van der Waals surface area contributed by atoms with Crippen LogP contribution in [0, 0.1) is 5.92 Å². The highest BCUT2D eigenvalue weighted by atomic mass is 32.2. The molecule has 0 aliphatic carbocycles. The average molecular weight is 310 g/mol. The fourth-order valence-corrected chi connectivity index (χ4v) is 2.32. The van der Waals surface area contributed by atoms with Crippen LogP contribution in [0.4, 0.5) is 0 Å². The summed E-state index contributed by atoms with van der Waals surface area (Å²) in [6, 6.07) is 0. The van der Waals surface area contributed by atoms with Crippen LogP contribution < -0.4 is 5.32 Å². The molecule has 0 heterocycles. The lowest BCUT2D eigenvalue weighted by molar-refractivity contribution is 0.0153. The maximum absolute atomic E-state index is 5.50. The van der Waals surface area contributed by atoms with E-state index < -0.39 is 0 Å². The van der Waals surface area contributed by atoms with Gasteiger partial charge in [-0.1, -0.05) is 13.8 Å². The van der Waals surface area contributed by atoms with Crippen LogP contribution >= 0.6 is 10.9 Å². The minimum Gasteiger partial charge on any atom is -0.379 e. The number of hydrogen-bond donors (Lipinski definition) is 2. The van der Waals surface area contributed by atoms with Crippen molar-refractivity contribution in [2.75, 3.05) is 71.0 Å². The van der Waals surface area contributed by atoms with Crippen molar-refractivity contribution in [1.29, 1.82) is 0 Å². The van der Waals surface area contributed by atoms with Crippen LogP contribution in [0.3, 0.4) is 0 Å². The average Bonchev–Trinajstić information content (AvgIpc) is 2.38. The molecule has 124 valence electrons. The summed E-state index contributed by atoms with van der Waals surface area (Å²) in [5.41, 5.74) is 0. The van der Waals surface area contributed by atoms with Crippen LogP contribution in [-0.2, 0) is 14.2 Å². The van der Waals surface area contributed by atoms with E-state index in [1.807, 2.05) is 0 Å². The second-order valence-corrected chi connectivity index (χ2v) is 8.20. The Hall–Kier alpha value is 0.190. The van der Waals surface area contributed by atoms with Gasteiger partial charge in [0.25, 0.3) is 0 Å². The highest BCUT2D eigenvalue weighted by Gasteiger charge is 1.94. The summed E-state index contributed by atoms with van der Waals surface area (Å²) in [6.45, 7) is 10.7. The Bertz CT molecular complexity index is 172. The second kappa shape index (κ2) is 15.6. The van der Waals surface area contributed by atoms with E-state index in [9.17, 15) is 0 Å². The molecule has 0 amide bonds. The van der Waals surface area contributed by atoms with Gasteiger partial charge in [-0.15, -0.1) is 0 Å². The van der Waals surface area contributed by atoms with Crippen LogP contribution in [0.2, 0.25) is 0 Å². The maximum Gasteiger partial charge on any atom is 0.0701 e. The van der Waals surface area contributed by atoms with E-state index in [1.165, 1.54) is 12.2 Å². The molecule has 0 aliphatic heterocycles. The molecule has 0 atom stereocenters. The van der Waals surface area contributed by atoms with Crippen LogP contribution in [0.25, 0.3) is 0 Å². The molecule has 0 bridgehead atoms. The van der Waals surface area contributed by atoms with Gasteiger partial charge in [-0.05, 0) is 37.1 Å². The Morgan fingerprint density at radius 2 is 1.40 bits per heavy atom. The first-order valence-electron chi connectivity index (χ1n) is 7.71.